The van der Waals surface area contributed by atoms with E-state index in [1.165, 1.54) is 16.7 Å². The van der Waals surface area contributed by atoms with Crippen LogP contribution in [0.2, 0.25) is 0 Å². The highest BCUT2D eigenvalue weighted by atomic mass is 32.2. The van der Waals surface area contributed by atoms with Gasteiger partial charge in [-0.25, -0.2) is 4.99 Å². The molecule has 1 aliphatic rings. The van der Waals surface area contributed by atoms with Gasteiger partial charge in [0.2, 0.25) is 0 Å². The van der Waals surface area contributed by atoms with E-state index in [1.807, 2.05) is 38.1 Å². The molecule has 1 N–H and O–H groups in total. The molecule has 0 aliphatic carbocycles. The maximum absolute atomic E-state index is 12.5. The summed E-state index contributed by atoms with van der Waals surface area (Å²) in [6.45, 7) is 4.32. The first-order valence-electron chi connectivity index (χ1n) is 8.27. The lowest BCUT2D eigenvalue weighted by atomic mass is 10.1. The molecular weight excluding hydrogens is 348 g/mol. The number of carbonyl (C=O) groups is 1. The lowest BCUT2D eigenvalue weighted by molar-refractivity contribution is -0.121. The second-order valence-electron chi connectivity index (χ2n) is 5.83. The Hall–Kier alpha value is -2.73. The Kier molecular flexibility index (Phi) is 5.32. The molecule has 2 aromatic rings. The number of hydrogen-bond acceptors (Lipinski definition) is 5. The van der Waals surface area contributed by atoms with Crippen molar-refractivity contribution in [2.45, 2.75) is 13.8 Å². The van der Waals surface area contributed by atoms with Gasteiger partial charge in [-0.2, -0.15) is 0 Å². The van der Waals surface area contributed by atoms with E-state index >= 15 is 0 Å². The summed E-state index contributed by atoms with van der Waals surface area (Å²) in [5.41, 5.74) is 2.49. The van der Waals surface area contributed by atoms with Crippen LogP contribution in [-0.2, 0) is 4.79 Å². The summed E-state index contributed by atoms with van der Waals surface area (Å²) in [4.78, 5) is 19.1. The van der Waals surface area contributed by atoms with Gasteiger partial charge in [0.25, 0.3) is 5.91 Å². The Morgan fingerprint density at radius 2 is 1.96 bits per heavy atom. The van der Waals surface area contributed by atoms with Crippen LogP contribution in [0.3, 0.4) is 0 Å². The first-order chi connectivity index (χ1) is 12.5. The number of nitrogens with zero attached hydrogens (tertiary/aromatic N) is 2. The van der Waals surface area contributed by atoms with Gasteiger partial charge in [0.1, 0.15) is 0 Å². The van der Waals surface area contributed by atoms with Gasteiger partial charge in [0, 0.05) is 12.6 Å². The molecule has 1 saturated heterocycles. The molecule has 0 bridgehead atoms. The molecule has 1 heterocycles. The van der Waals surface area contributed by atoms with Gasteiger partial charge >= 0.3 is 0 Å². The lowest BCUT2D eigenvalue weighted by Gasteiger charge is -2.08. The quantitative estimate of drug-likeness (QED) is 0.816. The molecule has 0 spiro atoms. The second-order valence-corrected chi connectivity index (χ2v) is 6.84. The molecule has 1 fully saturated rings. The largest absolute Gasteiger partial charge is 0.504 e. The van der Waals surface area contributed by atoms with Crippen molar-refractivity contribution in [1.82, 2.24) is 4.90 Å². The Bertz CT molecular complexity index is 888. The van der Waals surface area contributed by atoms with Crippen molar-refractivity contribution >= 4 is 34.6 Å². The van der Waals surface area contributed by atoms with E-state index in [0.717, 1.165) is 11.3 Å². The molecule has 1 amide bonds. The fourth-order valence-electron chi connectivity index (χ4n) is 2.45. The van der Waals surface area contributed by atoms with Gasteiger partial charge in [-0.3, -0.25) is 9.69 Å². The number of carbonyl (C=O) groups excluding carboxylic acids is 1. The van der Waals surface area contributed by atoms with Crippen LogP contribution in [0.1, 0.15) is 18.1 Å². The third kappa shape index (κ3) is 3.75. The fraction of sp³-hybridized carbons (Fsp3) is 0.200. The number of aromatic hydroxyl groups is 1. The molecule has 5 nitrogen and oxygen atoms in total. The molecule has 0 unspecified atom stereocenters. The van der Waals surface area contributed by atoms with Crippen molar-refractivity contribution < 1.29 is 14.6 Å². The number of amidine groups is 1. The molecule has 2 aromatic carbocycles. The van der Waals surface area contributed by atoms with E-state index in [1.54, 1.807) is 31.3 Å². The third-order valence-corrected chi connectivity index (χ3v) is 4.94. The average molecular weight is 368 g/mol. The van der Waals surface area contributed by atoms with E-state index in [4.69, 9.17) is 4.74 Å². The van der Waals surface area contributed by atoms with Crippen molar-refractivity contribution in [2.24, 2.45) is 4.99 Å². The molecular formula is C20H20N2O3S. The van der Waals surface area contributed by atoms with E-state index in [0.29, 0.717) is 28.0 Å². The summed E-state index contributed by atoms with van der Waals surface area (Å²) in [7, 11) is 1.69. The Labute approximate surface area is 157 Å². The first kappa shape index (κ1) is 18.1. The number of ether oxygens (including phenoxy) is 1. The van der Waals surface area contributed by atoms with Gasteiger partial charge < -0.3 is 9.84 Å². The molecule has 0 atom stereocenters. The van der Waals surface area contributed by atoms with Crippen molar-refractivity contribution in [3.05, 3.63) is 58.5 Å². The average Bonchev–Trinajstić information content (AvgIpc) is 2.88. The van der Waals surface area contributed by atoms with Crippen LogP contribution in [0.5, 0.6) is 11.5 Å². The predicted molar refractivity (Wildman–Crippen MR) is 106 cm³/mol. The zero-order chi connectivity index (χ0) is 18.7. The molecule has 3 rings (SSSR count). The van der Waals surface area contributed by atoms with Gasteiger partial charge in [-0.15, -0.1) is 0 Å². The number of aryl methyl sites for hydroxylation is 1. The number of aliphatic imine (C=N–C) groups is 1. The molecule has 134 valence electrons. The maximum atomic E-state index is 12.5. The van der Waals surface area contributed by atoms with Gasteiger partial charge in [0.05, 0.1) is 17.2 Å². The standard InChI is InChI=1S/C20H20N2O3S/c1-4-25-16-7-5-6-14(18(16)23)12-17-19(24)22(3)20(26-17)21-15-10-8-13(2)9-11-15/h5-12,23H,4H2,1-3H3/b17-12-,21-20?. The van der Waals surface area contributed by atoms with Crippen LogP contribution in [0, 0.1) is 6.92 Å². The fourth-order valence-corrected chi connectivity index (χ4v) is 3.43. The number of thioether (sulfide) groups is 1. The maximum Gasteiger partial charge on any atom is 0.266 e. The van der Waals surface area contributed by atoms with Crippen LogP contribution < -0.4 is 4.74 Å². The molecule has 0 aromatic heterocycles. The van der Waals surface area contributed by atoms with Crippen molar-refractivity contribution in [2.75, 3.05) is 13.7 Å². The Balaban J connectivity index is 1.90. The van der Waals surface area contributed by atoms with E-state index in [-0.39, 0.29) is 11.7 Å². The van der Waals surface area contributed by atoms with Crippen LogP contribution >= 0.6 is 11.8 Å². The topological polar surface area (TPSA) is 62.1 Å². The van der Waals surface area contributed by atoms with Crippen molar-refractivity contribution in [3.8, 4) is 11.5 Å². The zero-order valence-electron chi connectivity index (χ0n) is 14.9. The summed E-state index contributed by atoms with van der Waals surface area (Å²) in [6.07, 6.45) is 1.67. The smallest absolute Gasteiger partial charge is 0.266 e. The highest BCUT2D eigenvalue weighted by molar-refractivity contribution is 8.18. The summed E-state index contributed by atoms with van der Waals surface area (Å²) < 4.78 is 5.39. The summed E-state index contributed by atoms with van der Waals surface area (Å²) in [6, 6.07) is 13.0. The van der Waals surface area contributed by atoms with Crippen LogP contribution in [0.25, 0.3) is 6.08 Å². The first-order valence-corrected chi connectivity index (χ1v) is 9.09. The second kappa shape index (κ2) is 7.66. The lowest BCUT2D eigenvalue weighted by Crippen LogP contribution is -2.23. The van der Waals surface area contributed by atoms with E-state index in [9.17, 15) is 9.90 Å². The molecule has 1 aliphatic heterocycles. The minimum absolute atomic E-state index is 0.0295. The number of amides is 1. The highest BCUT2D eigenvalue weighted by Crippen LogP contribution is 2.37. The summed E-state index contributed by atoms with van der Waals surface area (Å²) in [5.74, 6) is 0.281. The number of hydrogen-bond donors (Lipinski definition) is 1. The number of likely N-dealkylation sites (N-methyl/N-ethyl adjacent to an activating group) is 1. The van der Waals surface area contributed by atoms with Crippen LogP contribution in [0.4, 0.5) is 5.69 Å². The number of benzene rings is 2. The van der Waals surface area contributed by atoms with Crippen LogP contribution in [-0.4, -0.2) is 34.7 Å². The summed E-state index contributed by atoms with van der Waals surface area (Å²) in [5, 5.41) is 10.9. The van der Waals surface area contributed by atoms with E-state index < -0.39 is 0 Å². The number of phenolic OH excluding ortho intramolecular Hbond substituents is 1. The van der Waals surface area contributed by atoms with Crippen LogP contribution in [0.15, 0.2) is 52.4 Å². The van der Waals surface area contributed by atoms with Gasteiger partial charge in [0.15, 0.2) is 16.7 Å². The Morgan fingerprint density at radius 3 is 2.65 bits per heavy atom. The summed E-state index contributed by atoms with van der Waals surface area (Å²) >= 11 is 1.28. The molecule has 0 saturated carbocycles. The van der Waals surface area contributed by atoms with Gasteiger partial charge in [-0.1, -0.05) is 29.8 Å². The van der Waals surface area contributed by atoms with Crippen molar-refractivity contribution in [3.63, 3.8) is 0 Å². The van der Waals surface area contributed by atoms with E-state index in [2.05, 4.69) is 4.99 Å². The zero-order valence-corrected chi connectivity index (χ0v) is 15.7. The molecule has 26 heavy (non-hydrogen) atoms. The predicted octanol–water partition coefficient (Wildman–Crippen LogP) is 4.33. The number of rotatable bonds is 4. The minimum atomic E-state index is -0.151. The number of para-hydroxylation sites is 1. The van der Waals surface area contributed by atoms with Gasteiger partial charge in [-0.05, 0) is 49.9 Å². The van der Waals surface area contributed by atoms with Crippen molar-refractivity contribution in [1.29, 1.82) is 0 Å². The minimum Gasteiger partial charge on any atom is -0.504 e. The molecule has 0 radical (unpaired) electrons. The third-order valence-electron chi connectivity index (χ3n) is 3.88. The number of phenols is 1. The molecule has 6 heteroatoms. The SMILES string of the molecule is CCOc1cccc(/C=C2\SC(=Nc3ccc(C)cc3)N(C)C2=O)c1O. The normalized spacial score (nSPS) is 17.3. The highest BCUT2D eigenvalue weighted by Gasteiger charge is 2.30. The monoisotopic (exact) mass is 368 g/mol. The Morgan fingerprint density at radius 1 is 1.23 bits per heavy atom.